The van der Waals surface area contributed by atoms with Crippen LogP contribution < -0.4 is 5.32 Å². The van der Waals surface area contributed by atoms with Crippen molar-refractivity contribution in [3.63, 3.8) is 0 Å². The van der Waals surface area contributed by atoms with E-state index in [-0.39, 0.29) is 11.6 Å². The standard InChI is InChI=1S/C23H21N7O3/c31-22(25-12-19-6-1-3-7-24-19)21-13-30(29-28-21)8-4-2-5-18-10-16-9-17(11-20(16)27-26-18)23(32)14-33-15-23/h1,3,6-7,9-10,13,32H,4,8,11-12,14-15H2,(H,25,31). The van der Waals surface area contributed by atoms with Gasteiger partial charge in [-0.25, -0.2) is 0 Å². The lowest BCUT2D eigenvalue weighted by Gasteiger charge is -2.37. The van der Waals surface area contributed by atoms with Crippen LogP contribution in [-0.2, 0) is 24.2 Å². The maximum absolute atomic E-state index is 12.2. The number of aliphatic hydroxyl groups is 1. The lowest BCUT2D eigenvalue weighted by molar-refractivity contribution is -0.154. The number of fused-ring (bicyclic) bond motifs is 1. The molecule has 1 aliphatic carbocycles. The summed E-state index contributed by atoms with van der Waals surface area (Å²) < 4.78 is 6.71. The van der Waals surface area contributed by atoms with Crippen molar-refractivity contribution in [2.24, 2.45) is 0 Å². The molecule has 2 aliphatic rings. The predicted octanol–water partition coefficient (Wildman–Crippen LogP) is 0.536. The Morgan fingerprint density at radius 2 is 2.18 bits per heavy atom. The minimum Gasteiger partial charge on any atom is -0.381 e. The molecule has 1 amide bonds. The molecule has 0 spiro atoms. The summed E-state index contributed by atoms with van der Waals surface area (Å²) in [6.07, 6.45) is 6.31. The Bertz CT molecular complexity index is 1270. The van der Waals surface area contributed by atoms with Crippen LogP contribution in [0.25, 0.3) is 6.08 Å². The molecule has 0 aromatic carbocycles. The number of pyridine rings is 1. The van der Waals surface area contributed by atoms with Gasteiger partial charge < -0.3 is 15.2 Å². The van der Waals surface area contributed by atoms with Crippen LogP contribution in [0.1, 0.15) is 39.6 Å². The Morgan fingerprint density at radius 3 is 2.97 bits per heavy atom. The molecule has 5 rings (SSSR count). The highest BCUT2D eigenvalue weighted by Gasteiger charge is 2.41. The largest absolute Gasteiger partial charge is 0.381 e. The van der Waals surface area contributed by atoms with Crippen LogP contribution in [0.3, 0.4) is 0 Å². The number of amides is 1. The number of carbonyl (C=O) groups is 1. The Kier molecular flexibility index (Phi) is 5.64. The van der Waals surface area contributed by atoms with Crippen LogP contribution in [0.2, 0.25) is 0 Å². The summed E-state index contributed by atoms with van der Waals surface area (Å²) in [6, 6.07) is 7.40. The lowest BCUT2D eigenvalue weighted by Crippen LogP contribution is -2.51. The number of aryl methyl sites for hydroxylation is 1. The van der Waals surface area contributed by atoms with Crippen LogP contribution >= 0.6 is 0 Å². The topological polar surface area (TPSA) is 128 Å². The highest BCUT2D eigenvalue weighted by atomic mass is 16.5. The van der Waals surface area contributed by atoms with Crippen molar-refractivity contribution in [2.45, 2.75) is 31.5 Å². The molecule has 4 heterocycles. The van der Waals surface area contributed by atoms with Gasteiger partial charge in [-0.05, 0) is 29.7 Å². The Hall–Kier alpha value is -3.94. The molecule has 166 valence electrons. The van der Waals surface area contributed by atoms with E-state index in [1.807, 2.05) is 30.3 Å². The van der Waals surface area contributed by atoms with Gasteiger partial charge in [-0.3, -0.25) is 14.5 Å². The van der Waals surface area contributed by atoms with Gasteiger partial charge in [-0.15, -0.1) is 10.2 Å². The zero-order valence-electron chi connectivity index (χ0n) is 17.7. The Morgan fingerprint density at radius 1 is 1.27 bits per heavy atom. The number of nitrogens with one attached hydrogen (secondary N) is 1. The number of carbonyl (C=O) groups excluding carboxylic acids is 1. The molecule has 1 saturated heterocycles. The summed E-state index contributed by atoms with van der Waals surface area (Å²) in [6.45, 7) is 1.46. The normalized spacial score (nSPS) is 15.6. The van der Waals surface area contributed by atoms with Gasteiger partial charge in [0.25, 0.3) is 5.91 Å². The average molecular weight is 443 g/mol. The van der Waals surface area contributed by atoms with Gasteiger partial charge in [0.15, 0.2) is 5.69 Å². The first-order valence-electron chi connectivity index (χ1n) is 10.5. The molecular formula is C23H21N7O3. The van der Waals surface area contributed by atoms with Gasteiger partial charge in [0.05, 0.1) is 43.9 Å². The molecule has 10 heteroatoms. The lowest BCUT2D eigenvalue weighted by atomic mass is 9.91. The number of ether oxygens (including phenoxy) is 1. The molecule has 1 aliphatic heterocycles. The molecule has 0 atom stereocenters. The SMILES string of the molecule is O=C(NCc1ccccn1)c1cn(CCC#Cc2cc3c(nn2)CC(C2(O)COC2)=C3)nn1. The van der Waals surface area contributed by atoms with Crippen molar-refractivity contribution in [1.29, 1.82) is 0 Å². The van der Waals surface area contributed by atoms with Crippen molar-refractivity contribution in [2.75, 3.05) is 13.2 Å². The summed E-state index contributed by atoms with van der Waals surface area (Å²) >= 11 is 0. The number of aromatic nitrogens is 6. The molecule has 3 aromatic rings. The summed E-state index contributed by atoms with van der Waals surface area (Å²) in [7, 11) is 0. The second-order valence-corrected chi connectivity index (χ2v) is 7.92. The smallest absolute Gasteiger partial charge is 0.273 e. The van der Waals surface area contributed by atoms with Gasteiger partial charge in [-0.2, -0.15) is 5.10 Å². The van der Waals surface area contributed by atoms with Crippen molar-refractivity contribution in [1.82, 2.24) is 35.5 Å². The van der Waals surface area contributed by atoms with E-state index in [2.05, 4.69) is 42.7 Å². The molecule has 0 bridgehead atoms. The summed E-state index contributed by atoms with van der Waals surface area (Å²) in [4.78, 5) is 16.4. The van der Waals surface area contributed by atoms with Crippen molar-refractivity contribution in [3.8, 4) is 11.8 Å². The van der Waals surface area contributed by atoms with Crippen molar-refractivity contribution >= 4 is 12.0 Å². The molecule has 1 fully saturated rings. The molecule has 33 heavy (non-hydrogen) atoms. The first-order chi connectivity index (χ1) is 16.1. The fraction of sp³-hybridized carbons (Fsp3) is 0.304. The third-order valence-electron chi connectivity index (χ3n) is 5.48. The van der Waals surface area contributed by atoms with E-state index in [0.717, 1.165) is 22.5 Å². The van der Waals surface area contributed by atoms with Gasteiger partial charge in [0.1, 0.15) is 11.3 Å². The van der Waals surface area contributed by atoms with E-state index < -0.39 is 5.60 Å². The van der Waals surface area contributed by atoms with Gasteiger partial charge in [-0.1, -0.05) is 23.3 Å². The van der Waals surface area contributed by atoms with E-state index >= 15 is 0 Å². The monoisotopic (exact) mass is 443 g/mol. The number of hydrogen-bond donors (Lipinski definition) is 2. The maximum Gasteiger partial charge on any atom is 0.273 e. The maximum atomic E-state index is 12.2. The first kappa shape index (κ1) is 20.9. The zero-order valence-corrected chi connectivity index (χ0v) is 17.7. The molecule has 2 N–H and O–H groups in total. The summed E-state index contributed by atoms with van der Waals surface area (Å²) in [5.41, 5.74) is 3.38. The van der Waals surface area contributed by atoms with Crippen LogP contribution in [0.15, 0.2) is 42.2 Å². The fourth-order valence-corrected chi connectivity index (χ4v) is 3.55. The molecular weight excluding hydrogens is 422 g/mol. The number of rotatable bonds is 6. The van der Waals surface area contributed by atoms with Crippen LogP contribution in [-0.4, -0.2) is 60.0 Å². The fourth-order valence-electron chi connectivity index (χ4n) is 3.55. The van der Waals surface area contributed by atoms with E-state index in [0.29, 0.717) is 44.8 Å². The van der Waals surface area contributed by atoms with E-state index in [1.54, 1.807) is 17.1 Å². The highest BCUT2D eigenvalue weighted by Crippen LogP contribution is 2.34. The quantitative estimate of drug-likeness (QED) is 0.528. The van der Waals surface area contributed by atoms with Crippen molar-refractivity contribution in [3.05, 3.63) is 70.6 Å². The molecule has 0 saturated carbocycles. The Labute approximate surface area is 189 Å². The van der Waals surface area contributed by atoms with Gasteiger partial charge >= 0.3 is 0 Å². The minimum atomic E-state index is -0.876. The van der Waals surface area contributed by atoms with Crippen LogP contribution in [0, 0.1) is 11.8 Å². The molecule has 0 unspecified atom stereocenters. The van der Waals surface area contributed by atoms with E-state index in [9.17, 15) is 9.90 Å². The Balaban J connectivity index is 1.14. The number of nitrogens with zero attached hydrogens (tertiary/aromatic N) is 6. The zero-order chi connectivity index (χ0) is 22.7. The van der Waals surface area contributed by atoms with E-state index in [4.69, 9.17) is 4.74 Å². The minimum absolute atomic E-state index is 0.240. The first-order valence-corrected chi connectivity index (χ1v) is 10.5. The van der Waals surface area contributed by atoms with Crippen LogP contribution in [0.4, 0.5) is 0 Å². The summed E-state index contributed by atoms with van der Waals surface area (Å²) in [5.74, 6) is 5.75. The molecule has 3 aromatic heterocycles. The third-order valence-corrected chi connectivity index (χ3v) is 5.48. The predicted molar refractivity (Wildman–Crippen MR) is 116 cm³/mol. The second-order valence-electron chi connectivity index (χ2n) is 7.92. The van der Waals surface area contributed by atoms with Crippen molar-refractivity contribution < 1.29 is 14.6 Å². The second kappa shape index (κ2) is 8.90. The average Bonchev–Trinajstić information content (AvgIpc) is 3.46. The summed E-state index contributed by atoms with van der Waals surface area (Å²) in [5, 5.41) is 29.5. The van der Waals surface area contributed by atoms with Gasteiger partial charge in [0, 0.05) is 24.6 Å². The van der Waals surface area contributed by atoms with E-state index in [1.165, 1.54) is 0 Å². The molecule has 0 radical (unpaired) electrons. The highest BCUT2D eigenvalue weighted by molar-refractivity contribution is 5.91. The third kappa shape index (κ3) is 4.64. The van der Waals surface area contributed by atoms with Crippen LogP contribution in [0.5, 0.6) is 0 Å². The van der Waals surface area contributed by atoms with Gasteiger partial charge in [0.2, 0.25) is 0 Å². The molecule has 10 nitrogen and oxygen atoms in total. The number of hydrogen-bond acceptors (Lipinski definition) is 8.